The molecule has 8 heteroatoms. The Labute approximate surface area is 189 Å². The number of thiazole rings is 1. The average molecular weight is 463 g/mol. The predicted octanol–water partition coefficient (Wildman–Crippen LogP) is 5.90. The molecule has 1 fully saturated rings. The predicted molar refractivity (Wildman–Crippen MR) is 125 cm³/mol. The Morgan fingerprint density at radius 1 is 1.40 bits per heavy atom. The largest absolute Gasteiger partial charge is 0.494 e. The topological polar surface area (TPSA) is 51.7 Å². The Morgan fingerprint density at radius 2 is 2.27 bits per heavy atom. The molecule has 5 nitrogen and oxygen atoms in total. The quantitative estimate of drug-likeness (QED) is 0.409. The van der Waals surface area contributed by atoms with Crippen LogP contribution in [0.3, 0.4) is 0 Å². The number of hydrogen-bond donors (Lipinski definition) is 0. The van der Waals surface area contributed by atoms with Gasteiger partial charge in [-0.2, -0.15) is 0 Å². The van der Waals surface area contributed by atoms with Gasteiger partial charge in [0.2, 0.25) is 0 Å². The summed E-state index contributed by atoms with van der Waals surface area (Å²) in [7, 11) is 1.61. The van der Waals surface area contributed by atoms with E-state index in [-0.39, 0.29) is 12.0 Å². The molecule has 0 saturated carbocycles. The summed E-state index contributed by atoms with van der Waals surface area (Å²) in [6.45, 7) is 3.29. The molecule has 158 valence electrons. The zero-order valence-electron chi connectivity index (χ0n) is 16.9. The molecule has 1 aliphatic heterocycles. The smallest absolute Gasteiger partial charge is 0.260 e. The Bertz CT molecular complexity index is 1050. The van der Waals surface area contributed by atoms with Gasteiger partial charge in [-0.3, -0.25) is 9.69 Å². The van der Waals surface area contributed by atoms with E-state index in [2.05, 4.69) is 6.92 Å². The standard InChI is InChI=1S/C22H23ClN2O3S2/c1-3-29-16-8-4-6-14(12-16)21(26)25(13-15-7-5-11-28-15)22-24-19-18(27-2)10-9-17(23)20(19)30-22/h4,6,8-10,12,15H,3,5,7,11,13H2,1-2H3. The first-order chi connectivity index (χ1) is 14.6. The summed E-state index contributed by atoms with van der Waals surface area (Å²) in [5.41, 5.74) is 1.31. The third-order valence-corrected chi connectivity index (χ3v) is 7.36. The lowest BCUT2D eigenvalue weighted by molar-refractivity contribution is 0.0917. The van der Waals surface area contributed by atoms with Crippen molar-refractivity contribution in [3.05, 3.63) is 47.0 Å². The second-order valence-corrected chi connectivity index (χ2v) is 9.66. The van der Waals surface area contributed by atoms with Crippen LogP contribution in [0.5, 0.6) is 5.75 Å². The number of carbonyl (C=O) groups excluding carboxylic acids is 1. The molecule has 1 aliphatic rings. The molecule has 0 spiro atoms. The first-order valence-corrected chi connectivity index (χ1v) is 12.1. The Hall–Kier alpha value is -1.80. The van der Waals surface area contributed by atoms with Crippen molar-refractivity contribution in [1.82, 2.24) is 4.98 Å². The Morgan fingerprint density at radius 3 is 3.00 bits per heavy atom. The lowest BCUT2D eigenvalue weighted by Crippen LogP contribution is -2.37. The number of amides is 1. The molecule has 1 saturated heterocycles. The number of fused-ring (bicyclic) bond motifs is 1. The highest BCUT2D eigenvalue weighted by Crippen LogP contribution is 2.39. The van der Waals surface area contributed by atoms with Crippen molar-refractivity contribution in [3.8, 4) is 5.75 Å². The highest BCUT2D eigenvalue weighted by Gasteiger charge is 2.28. The number of methoxy groups -OCH3 is 1. The van der Waals surface area contributed by atoms with Crippen LogP contribution >= 0.6 is 34.7 Å². The van der Waals surface area contributed by atoms with E-state index in [9.17, 15) is 4.79 Å². The molecule has 4 rings (SSSR count). The van der Waals surface area contributed by atoms with Crippen molar-refractivity contribution in [2.45, 2.75) is 30.8 Å². The van der Waals surface area contributed by atoms with Gasteiger partial charge in [-0.25, -0.2) is 4.98 Å². The van der Waals surface area contributed by atoms with Crippen LogP contribution < -0.4 is 9.64 Å². The molecular weight excluding hydrogens is 440 g/mol. The molecule has 0 aliphatic carbocycles. The van der Waals surface area contributed by atoms with Gasteiger partial charge in [0.05, 0.1) is 29.5 Å². The molecule has 3 aromatic rings. The molecular formula is C22H23ClN2O3S2. The van der Waals surface area contributed by atoms with Crippen LogP contribution in [-0.2, 0) is 4.74 Å². The number of carbonyl (C=O) groups is 1. The second kappa shape index (κ2) is 9.56. The van der Waals surface area contributed by atoms with E-state index in [0.717, 1.165) is 34.8 Å². The van der Waals surface area contributed by atoms with Gasteiger partial charge < -0.3 is 9.47 Å². The minimum absolute atomic E-state index is 0.00605. The van der Waals surface area contributed by atoms with Crippen molar-refractivity contribution in [1.29, 1.82) is 0 Å². The molecule has 0 bridgehead atoms. The SMILES string of the molecule is CCSc1cccc(C(=O)N(CC2CCCO2)c2nc3c(OC)ccc(Cl)c3s2)c1. The van der Waals surface area contributed by atoms with E-state index < -0.39 is 0 Å². The van der Waals surface area contributed by atoms with Gasteiger partial charge in [0, 0.05) is 17.1 Å². The van der Waals surface area contributed by atoms with Crippen LogP contribution in [0.4, 0.5) is 5.13 Å². The number of thioether (sulfide) groups is 1. The van der Waals surface area contributed by atoms with E-state index in [1.54, 1.807) is 35.9 Å². The van der Waals surface area contributed by atoms with E-state index in [0.29, 0.717) is 33.5 Å². The Balaban J connectivity index is 1.74. The lowest BCUT2D eigenvalue weighted by atomic mass is 10.2. The maximum absolute atomic E-state index is 13.6. The maximum Gasteiger partial charge on any atom is 0.260 e. The van der Waals surface area contributed by atoms with Gasteiger partial charge in [0.25, 0.3) is 5.91 Å². The van der Waals surface area contributed by atoms with Crippen LogP contribution in [0.1, 0.15) is 30.1 Å². The van der Waals surface area contributed by atoms with Crippen molar-refractivity contribution < 1.29 is 14.3 Å². The average Bonchev–Trinajstić information content (AvgIpc) is 3.43. The molecule has 2 heterocycles. The van der Waals surface area contributed by atoms with Crippen LogP contribution in [0.15, 0.2) is 41.3 Å². The fourth-order valence-electron chi connectivity index (χ4n) is 3.50. The molecule has 1 unspecified atom stereocenters. The molecule has 0 N–H and O–H groups in total. The first kappa shape index (κ1) is 21.4. The number of aromatic nitrogens is 1. The summed E-state index contributed by atoms with van der Waals surface area (Å²) in [5.74, 6) is 1.51. The molecule has 2 aromatic carbocycles. The third-order valence-electron chi connectivity index (χ3n) is 4.95. The number of nitrogens with zero attached hydrogens (tertiary/aromatic N) is 2. The third kappa shape index (κ3) is 4.44. The number of halogens is 1. The highest BCUT2D eigenvalue weighted by atomic mass is 35.5. The number of ether oxygens (including phenoxy) is 2. The fraction of sp³-hybridized carbons (Fsp3) is 0.364. The minimum atomic E-state index is -0.0850. The van der Waals surface area contributed by atoms with Crippen molar-refractivity contribution in [2.75, 3.05) is 30.9 Å². The molecule has 1 amide bonds. The van der Waals surface area contributed by atoms with Crippen molar-refractivity contribution >= 4 is 56.0 Å². The van der Waals surface area contributed by atoms with Crippen LogP contribution in [0, 0.1) is 0 Å². The van der Waals surface area contributed by atoms with Gasteiger partial charge in [-0.15, -0.1) is 11.8 Å². The Kier molecular flexibility index (Phi) is 6.83. The van der Waals surface area contributed by atoms with Crippen LogP contribution in [0.2, 0.25) is 5.02 Å². The summed E-state index contributed by atoms with van der Waals surface area (Å²) in [6, 6.07) is 11.3. The lowest BCUT2D eigenvalue weighted by Gasteiger charge is -2.23. The zero-order valence-corrected chi connectivity index (χ0v) is 19.3. The second-order valence-electron chi connectivity index (χ2n) is 6.94. The summed E-state index contributed by atoms with van der Waals surface area (Å²) in [5, 5.41) is 1.20. The van der Waals surface area contributed by atoms with Crippen LogP contribution in [0.25, 0.3) is 10.2 Å². The normalized spacial score (nSPS) is 16.2. The summed E-state index contributed by atoms with van der Waals surface area (Å²) < 4.78 is 12.1. The van der Waals surface area contributed by atoms with Crippen molar-refractivity contribution in [3.63, 3.8) is 0 Å². The number of anilines is 1. The van der Waals surface area contributed by atoms with Gasteiger partial charge in [-0.1, -0.05) is 35.9 Å². The first-order valence-electron chi connectivity index (χ1n) is 9.90. The molecule has 1 atom stereocenters. The van der Waals surface area contributed by atoms with E-state index in [1.165, 1.54) is 11.3 Å². The zero-order chi connectivity index (χ0) is 21.1. The van der Waals surface area contributed by atoms with Gasteiger partial charge in [-0.05, 0) is 48.9 Å². The highest BCUT2D eigenvalue weighted by molar-refractivity contribution is 7.99. The van der Waals surface area contributed by atoms with Gasteiger partial charge in [0.15, 0.2) is 5.13 Å². The number of hydrogen-bond acceptors (Lipinski definition) is 6. The van der Waals surface area contributed by atoms with Gasteiger partial charge in [0.1, 0.15) is 11.3 Å². The van der Waals surface area contributed by atoms with E-state index in [1.807, 2.05) is 24.3 Å². The molecule has 30 heavy (non-hydrogen) atoms. The van der Waals surface area contributed by atoms with Crippen molar-refractivity contribution in [2.24, 2.45) is 0 Å². The summed E-state index contributed by atoms with van der Waals surface area (Å²) >= 11 is 9.53. The molecule has 0 radical (unpaired) electrons. The maximum atomic E-state index is 13.6. The number of rotatable bonds is 7. The summed E-state index contributed by atoms with van der Waals surface area (Å²) in [6.07, 6.45) is 1.95. The molecule has 1 aromatic heterocycles. The summed E-state index contributed by atoms with van der Waals surface area (Å²) in [4.78, 5) is 21.1. The minimum Gasteiger partial charge on any atom is -0.494 e. The number of benzene rings is 2. The van der Waals surface area contributed by atoms with Gasteiger partial charge >= 0.3 is 0 Å². The monoisotopic (exact) mass is 462 g/mol. The van der Waals surface area contributed by atoms with Crippen LogP contribution in [-0.4, -0.2) is 43.0 Å². The van der Waals surface area contributed by atoms with E-state index >= 15 is 0 Å². The fourth-order valence-corrected chi connectivity index (χ4v) is 5.48. The van der Waals surface area contributed by atoms with E-state index in [4.69, 9.17) is 26.1 Å².